The van der Waals surface area contributed by atoms with Crippen LogP contribution in [0.4, 0.5) is 0 Å². The first kappa shape index (κ1) is 9.31. The molecule has 0 amide bonds. The van der Waals surface area contributed by atoms with Gasteiger partial charge >= 0.3 is 0 Å². The van der Waals surface area contributed by atoms with Crippen LogP contribution in [0.25, 0.3) is 0 Å². The lowest BCUT2D eigenvalue weighted by Gasteiger charge is -1.92. The lowest BCUT2D eigenvalue weighted by molar-refractivity contribution is 0.981. The summed E-state index contributed by atoms with van der Waals surface area (Å²) in [5.74, 6) is 0. The Bertz CT molecular complexity index is 172. The first-order valence-corrected chi connectivity index (χ1v) is 4.78. The van der Waals surface area contributed by atoms with Gasteiger partial charge in [0, 0.05) is 0 Å². The molecule has 0 aromatic carbocycles. The Morgan fingerprint density at radius 2 is 1.25 bits per heavy atom. The predicted molar refractivity (Wildman–Crippen MR) is 54.8 cm³/mol. The molecule has 65 valence electrons. The molecule has 0 nitrogen and oxygen atoms in total. The van der Waals surface area contributed by atoms with Gasteiger partial charge in [-0.1, -0.05) is 36.5 Å². The van der Waals surface area contributed by atoms with Crippen molar-refractivity contribution in [3.8, 4) is 0 Å². The van der Waals surface area contributed by atoms with Gasteiger partial charge in [0.15, 0.2) is 0 Å². The van der Waals surface area contributed by atoms with E-state index in [9.17, 15) is 0 Å². The van der Waals surface area contributed by atoms with E-state index in [0.717, 1.165) is 6.42 Å². The summed E-state index contributed by atoms with van der Waals surface area (Å²) in [6, 6.07) is 0. The Labute approximate surface area is 75.7 Å². The summed E-state index contributed by atoms with van der Waals surface area (Å²) in [5, 5.41) is 0. The summed E-state index contributed by atoms with van der Waals surface area (Å²) in [4.78, 5) is 0. The molecule has 0 heteroatoms. The first-order valence-electron chi connectivity index (χ1n) is 4.78. The van der Waals surface area contributed by atoms with Gasteiger partial charge in [-0.05, 0) is 38.5 Å². The minimum atomic E-state index is 1.10. The van der Waals surface area contributed by atoms with E-state index in [1.807, 2.05) is 0 Å². The molecule has 0 fully saturated rings. The molecule has 0 saturated heterocycles. The summed E-state index contributed by atoms with van der Waals surface area (Å²) in [6.07, 6.45) is 21.5. The van der Waals surface area contributed by atoms with Crippen LogP contribution in [0.1, 0.15) is 32.1 Å². The number of allylic oxidation sites excluding steroid dienone is 6. The molecule has 0 atom stereocenters. The Hall–Kier alpha value is -0.780. The van der Waals surface area contributed by atoms with Crippen molar-refractivity contribution in [3.63, 3.8) is 0 Å². The SMILES string of the molecule is [CH]1/C=C\CC/C=C\C/C=C\CC1. The molecule has 0 unspecified atom stereocenters. The Morgan fingerprint density at radius 1 is 0.583 bits per heavy atom. The quantitative estimate of drug-likeness (QED) is 0.474. The summed E-state index contributed by atoms with van der Waals surface area (Å²) < 4.78 is 0. The van der Waals surface area contributed by atoms with Gasteiger partial charge in [0.1, 0.15) is 0 Å². The number of hydrogen-bond acceptors (Lipinski definition) is 0. The van der Waals surface area contributed by atoms with E-state index in [0.29, 0.717) is 0 Å². The monoisotopic (exact) mass is 161 g/mol. The maximum absolute atomic E-state index is 2.26. The van der Waals surface area contributed by atoms with Gasteiger partial charge < -0.3 is 0 Å². The molecule has 0 aromatic heterocycles. The number of rotatable bonds is 0. The average molecular weight is 161 g/mol. The molecule has 0 spiro atoms. The Kier molecular flexibility index (Phi) is 5.35. The minimum Gasteiger partial charge on any atom is -0.0882 e. The molecule has 1 rings (SSSR count). The average Bonchev–Trinajstić information content (AvgIpc) is 2.05. The maximum Gasteiger partial charge on any atom is -0.0167 e. The zero-order chi connectivity index (χ0) is 8.49. The Morgan fingerprint density at radius 3 is 2.08 bits per heavy atom. The van der Waals surface area contributed by atoms with Crippen molar-refractivity contribution >= 4 is 0 Å². The van der Waals surface area contributed by atoms with Crippen molar-refractivity contribution in [2.24, 2.45) is 0 Å². The second kappa shape index (κ2) is 6.90. The second-order valence-electron chi connectivity index (χ2n) is 3.00. The lowest BCUT2D eigenvalue weighted by atomic mass is 10.1. The fraction of sp³-hybridized carbons (Fsp3) is 0.417. The molecule has 0 heterocycles. The highest BCUT2D eigenvalue weighted by molar-refractivity contribution is 5.00. The molecule has 0 saturated carbocycles. The van der Waals surface area contributed by atoms with Crippen molar-refractivity contribution < 1.29 is 0 Å². The zero-order valence-corrected chi connectivity index (χ0v) is 7.58. The van der Waals surface area contributed by atoms with Crippen LogP contribution in [0.15, 0.2) is 36.5 Å². The molecule has 0 bridgehead atoms. The fourth-order valence-electron chi connectivity index (χ4n) is 1.18. The summed E-state index contributed by atoms with van der Waals surface area (Å²) in [5.41, 5.74) is 0. The van der Waals surface area contributed by atoms with Crippen molar-refractivity contribution in [2.45, 2.75) is 32.1 Å². The van der Waals surface area contributed by atoms with Crippen LogP contribution in [-0.2, 0) is 0 Å². The van der Waals surface area contributed by atoms with Gasteiger partial charge in [-0.3, -0.25) is 0 Å². The van der Waals surface area contributed by atoms with Gasteiger partial charge in [0.25, 0.3) is 0 Å². The summed E-state index contributed by atoms with van der Waals surface area (Å²) >= 11 is 0. The third-order valence-electron chi connectivity index (χ3n) is 1.88. The summed E-state index contributed by atoms with van der Waals surface area (Å²) in [7, 11) is 0. The third kappa shape index (κ3) is 4.95. The van der Waals surface area contributed by atoms with E-state index in [2.05, 4.69) is 42.9 Å². The van der Waals surface area contributed by atoms with Crippen molar-refractivity contribution in [1.82, 2.24) is 0 Å². The standard InChI is InChI=1S/C12H17/c1-2-4-6-8-10-12-11-9-7-5-3-1/h1-3,8-11H,4-7,12H2/b2-1-,10-8-,11-9-. The smallest absolute Gasteiger partial charge is 0.0167 e. The normalized spacial score (nSPS) is 28.0. The van der Waals surface area contributed by atoms with Crippen LogP contribution in [0.2, 0.25) is 0 Å². The molecule has 1 aliphatic carbocycles. The maximum atomic E-state index is 2.26. The number of hydrogen-bond donors (Lipinski definition) is 0. The second-order valence-corrected chi connectivity index (χ2v) is 3.00. The van der Waals surface area contributed by atoms with Crippen LogP contribution in [-0.4, -0.2) is 0 Å². The fourth-order valence-corrected chi connectivity index (χ4v) is 1.18. The van der Waals surface area contributed by atoms with Gasteiger partial charge in [-0.15, -0.1) is 0 Å². The van der Waals surface area contributed by atoms with Gasteiger partial charge in [-0.2, -0.15) is 0 Å². The van der Waals surface area contributed by atoms with Gasteiger partial charge in [-0.25, -0.2) is 0 Å². The molecular formula is C12H17. The van der Waals surface area contributed by atoms with E-state index in [-0.39, 0.29) is 0 Å². The minimum absolute atomic E-state index is 1.10. The zero-order valence-electron chi connectivity index (χ0n) is 7.58. The van der Waals surface area contributed by atoms with Gasteiger partial charge in [0.2, 0.25) is 0 Å². The molecule has 0 aromatic rings. The van der Waals surface area contributed by atoms with E-state index in [1.165, 1.54) is 25.7 Å². The highest BCUT2D eigenvalue weighted by Gasteiger charge is 1.83. The van der Waals surface area contributed by atoms with Crippen LogP contribution < -0.4 is 0 Å². The van der Waals surface area contributed by atoms with Crippen LogP contribution >= 0.6 is 0 Å². The molecule has 0 aliphatic heterocycles. The van der Waals surface area contributed by atoms with Crippen LogP contribution in [0, 0.1) is 6.42 Å². The third-order valence-corrected chi connectivity index (χ3v) is 1.88. The Balaban J connectivity index is 2.30. The van der Waals surface area contributed by atoms with Crippen molar-refractivity contribution in [3.05, 3.63) is 42.9 Å². The predicted octanol–water partition coefficient (Wildman–Crippen LogP) is 3.82. The largest absolute Gasteiger partial charge is 0.0882 e. The molecule has 1 radical (unpaired) electrons. The topological polar surface area (TPSA) is 0 Å². The first-order chi connectivity index (χ1) is 6.00. The van der Waals surface area contributed by atoms with E-state index < -0.39 is 0 Å². The van der Waals surface area contributed by atoms with Gasteiger partial charge in [0.05, 0.1) is 0 Å². The molecule has 0 N–H and O–H groups in total. The highest BCUT2D eigenvalue weighted by Crippen LogP contribution is 2.02. The van der Waals surface area contributed by atoms with Crippen molar-refractivity contribution in [1.29, 1.82) is 0 Å². The van der Waals surface area contributed by atoms with E-state index in [1.54, 1.807) is 0 Å². The molecule has 12 heavy (non-hydrogen) atoms. The van der Waals surface area contributed by atoms with Crippen molar-refractivity contribution in [2.75, 3.05) is 0 Å². The van der Waals surface area contributed by atoms with Crippen LogP contribution in [0.5, 0.6) is 0 Å². The van der Waals surface area contributed by atoms with E-state index in [4.69, 9.17) is 0 Å². The lowest BCUT2D eigenvalue weighted by Crippen LogP contribution is -1.73. The summed E-state index contributed by atoms with van der Waals surface area (Å²) in [6.45, 7) is 0. The molecular weight excluding hydrogens is 144 g/mol. The molecule has 1 aliphatic rings. The van der Waals surface area contributed by atoms with E-state index >= 15 is 0 Å². The highest BCUT2D eigenvalue weighted by atomic mass is 13.9. The van der Waals surface area contributed by atoms with Crippen LogP contribution in [0.3, 0.4) is 0 Å².